The lowest BCUT2D eigenvalue weighted by Crippen LogP contribution is -2.50. The zero-order valence-corrected chi connectivity index (χ0v) is 17.3. The molecule has 1 unspecified atom stereocenters. The normalized spacial score (nSPS) is 16.6. The SMILES string of the molecule is CCC(CCc1ccc(C)cc1)(NC)C(=O)c1ccc(N2CCOCC2)cc1. The zero-order chi connectivity index (χ0) is 20.0. The van der Waals surface area contributed by atoms with Gasteiger partial charge >= 0.3 is 0 Å². The minimum Gasteiger partial charge on any atom is -0.378 e. The molecule has 1 N–H and O–H groups in total. The van der Waals surface area contributed by atoms with E-state index >= 15 is 0 Å². The Kier molecular flexibility index (Phi) is 6.87. The summed E-state index contributed by atoms with van der Waals surface area (Å²) >= 11 is 0. The molecule has 150 valence electrons. The lowest BCUT2D eigenvalue weighted by molar-refractivity contribution is 0.0841. The fourth-order valence-electron chi connectivity index (χ4n) is 3.90. The van der Waals surface area contributed by atoms with Crippen LogP contribution in [0.1, 0.15) is 41.3 Å². The van der Waals surface area contributed by atoms with Crippen LogP contribution in [0.5, 0.6) is 0 Å². The van der Waals surface area contributed by atoms with E-state index in [1.165, 1.54) is 11.1 Å². The molecule has 2 aromatic rings. The van der Waals surface area contributed by atoms with Crippen molar-refractivity contribution >= 4 is 11.5 Å². The van der Waals surface area contributed by atoms with E-state index in [1.807, 2.05) is 19.2 Å². The van der Waals surface area contributed by atoms with Gasteiger partial charge in [0, 0.05) is 24.3 Å². The van der Waals surface area contributed by atoms with E-state index in [4.69, 9.17) is 4.74 Å². The van der Waals surface area contributed by atoms with Gasteiger partial charge in [-0.3, -0.25) is 4.79 Å². The number of anilines is 1. The van der Waals surface area contributed by atoms with Crippen molar-refractivity contribution in [3.63, 3.8) is 0 Å². The lowest BCUT2D eigenvalue weighted by Gasteiger charge is -2.32. The van der Waals surface area contributed by atoms with Gasteiger partial charge in [-0.1, -0.05) is 36.8 Å². The molecule has 1 aliphatic rings. The molecule has 0 spiro atoms. The first kappa shape index (κ1) is 20.6. The smallest absolute Gasteiger partial charge is 0.182 e. The number of ether oxygens (including phenoxy) is 1. The molecule has 0 aliphatic carbocycles. The number of nitrogens with one attached hydrogen (secondary N) is 1. The number of morpholine rings is 1. The standard InChI is InChI=1S/C24H32N2O2/c1-4-24(25-3,14-13-20-7-5-19(2)6-8-20)23(27)21-9-11-22(12-10-21)26-15-17-28-18-16-26/h5-12,25H,4,13-18H2,1-3H3. The Hall–Kier alpha value is -2.17. The molecule has 0 aromatic heterocycles. The average molecular weight is 381 g/mol. The van der Waals surface area contributed by atoms with Crippen LogP contribution in [0.2, 0.25) is 0 Å². The van der Waals surface area contributed by atoms with Gasteiger partial charge in [-0.05, 0) is 63.1 Å². The molecule has 1 atom stereocenters. The summed E-state index contributed by atoms with van der Waals surface area (Å²) in [7, 11) is 1.90. The van der Waals surface area contributed by atoms with Gasteiger partial charge in [0.15, 0.2) is 5.78 Å². The van der Waals surface area contributed by atoms with Crippen LogP contribution in [0.3, 0.4) is 0 Å². The number of aryl methyl sites for hydroxylation is 2. The first-order valence-electron chi connectivity index (χ1n) is 10.3. The molecular weight excluding hydrogens is 348 g/mol. The van der Waals surface area contributed by atoms with Crippen molar-refractivity contribution < 1.29 is 9.53 Å². The molecule has 4 heteroatoms. The van der Waals surface area contributed by atoms with E-state index in [2.05, 4.69) is 60.5 Å². The predicted octanol–water partition coefficient (Wildman–Crippen LogP) is 4.02. The minimum atomic E-state index is -0.536. The molecular formula is C24H32N2O2. The zero-order valence-electron chi connectivity index (χ0n) is 17.3. The number of hydrogen-bond acceptors (Lipinski definition) is 4. The van der Waals surface area contributed by atoms with Crippen molar-refractivity contribution in [2.24, 2.45) is 0 Å². The first-order valence-corrected chi connectivity index (χ1v) is 10.3. The Balaban J connectivity index is 1.72. The predicted molar refractivity (Wildman–Crippen MR) is 115 cm³/mol. The molecule has 0 bridgehead atoms. The van der Waals surface area contributed by atoms with E-state index in [9.17, 15) is 4.79 Å². The molecule has 1 fully saturated rings. The molecule has 0 radical (unpaired) electrons. The van der Waals surface area contributed by atoms with Gasteiger partial charge in [-0.15, -0.1) is 0 Å². The van der Waals surface area contributed by atoms with Crippen LogP contribution in [0.4, 0.5) is 5.69 Å². The number of benzene rings is 2. The van der Waals surface area contributed by atoms with Crippen LogP contribution in [-0.2, 0) is 11.2 Å². The number of Topliss-reactive ketones (excluding diaryl/α,β-unsaturated/α-hetero) is 1. The summed E-state index contributed by atoms with van der Waals surface area (Å²) < 4.78 is 5.42. The summed E-state index contributed by atoms with van der Waals surface area (Å²) in [5.41, 5.74) is 3.93. The quantitative estimate of drug-likeness (QED) is 0.703. The number of ketones is 1. The van der Waals surface area contributed by atoms with Crippen LogP contribution < -0.4 is 10.2 Å². The largest absolute Gasteiger partial charge is 0.378 e. The number of rotatable bonds is 8. The molecule has 4 nitrogen and oxygen atoms in total. The van der Waals surface area contributed by atoms with Gasteiger partial charge in [0.05, 0.1) is 18.8 Å². The van der Waals surface area contributed by atoms with Crippen molar-refractivity contribution in [2.75, 3.05) is 38.3 Å². The molecule has 0 amide bonds. The highest BCUT2D eigenvalue weighted by Gasteiger charge is 2.35. The van der Waals surface area contributed by atoms with E-state index < -0.39 is 5.54 Å². The van der Waals surface area contributed by atoms with Gasteiger partial charge in [0.2, 0.25) is 0 Å². The maximum Gasteiger partial charge on any atom is 0.182 e. The van der Waals surface area contributed by atoms with E-state index in [0.717, 1.165) is 56.8 Å². The molecule has 3 rings (SSSR count). The van der Waals surface area contributed by atoms with E-state index in [0.29, 0.717) is 0 Å². The number of hydrogen-bond donors (Lipinski definition) is 1. The highest BCUT2D eigenvalue weighted by molar-refractivity contribution is 6.03. The third-order valence-corrected chi connectivity index (χ3v) is 5.98. The summed E-state index contributed by atoms with van der Waals surface area (Å²) in [5.74, 6) is 0.179. The van der Waals surface area contributed by atoms with Crippen LogP contribution in [0.15, 0.2) is 48.5 Å². The number of nitrogens with zero attached hydrogens (tertiary/aromatic N) is 1. The summed E-state index contributed by atoms with van der Waals surface area (Å²) in [6.45, 7) is 7.51. The Morgan fingerprint density at radius 3 is 2.29 bits per heavy atom. The van der Waals surface area contributed by atoms with Crippen LogP contribution in [0, 0.1) is 6.92 Å². The average Bonchev–Trinajstić information content (AvgIpc) is 2.76. The van der Waals surface area contributed by atoms with Gasteiger partial charge < -0.3 is 15.0 Å². The van der Waals surface area contributed by atoms with Gasteiger partial charge in [0.25, 0.3) is 0 Å². The van der Waals surface area contributed by atoms with Gasteiger partial charge in [0.1, 0.15) is 0 Å². The minimum absolute atomic E-state index is 0.179. The first-order chi connectivity index (χ1) is 13.6. The second-order valence-corrected chi connectivity index (χ2v) is 7.65. The second-order valence-electron chi connectivity index (χ2n) is 7.65. The molecule has 2 aromatic carbocycles. The second kappa shape index (κ2) is 9.35. The van der Waals surface area contributed by atoms with Crippen molar-refractivity contribution in [3.8, 4) is 0 Å². The van der Waals surface area contributed by atoms with E-state index in [1.54, 1.807) is 0 Å². The Morgan fingerprint density at radius 2 is 1.71 bits per heavy atom. The topological polar surface area (TPSA) is 41.6 Å². The lowest BCUT2D eigenvalue weighted by atomic mass is 9.81. The van der Waals surface area contributed by atoms with Gasteiger partial charge in [-0.2, -0.15) is 0 Å². The highest BCUT2D eigenvalue weighted by atomic mass is 16.5. The van der Waals surface area contributed by atoms with E-state index in [-0.39, 0.29) is 5.78 Å². The molecule has 1 saturated heterocycles. The molecule has 28 heavy (non-hydrogen) atoms. The number of likely N-dealkylation sites (N-methyl/N-ethyl adjacent to an activating group) is 1. The summed E-state index contributed by atoms with van der Waals surface area (Å²) in [6.07, 6.45) is 2.43. The molecule has 1 aliphatic heterocycles. The fraction of sp³-hybridized carbons (Fsp3) is 0.458. The fourth-order valence-corrected chi connectivity index (χ4v) is 3.90. The van der Waals surface area contributed by atoms with Crippen molar-refractivity contribution in [1.29, 1.82) is 0 Å². The Labute approximate surface area is 168 Å². The van der Waals surface area contributed by atoms with Crippen molar-refractivity contribution in [3.05, 3.63) is 65.2 Å². The monoisotopic (exact) mass is 380 g/mol. The number of carbonyl (C=O) groups excluding carboxylic acids is 1. The maximum atomic E-state index is 13.4. The Bertz CT molecular complexity index is 758. The highest BCUT2D eigenvalue weighted by Crippen LogP contribution is 2.25. The maximum absolute atomic E-state index is 13.4. The third-order valence-electron chi connectivity index (χ3n) is 5.98. The van der Waals surface area contributed by atoms with Crippen LogP contribution >= 0.6 is 0 Å². The Morgan fingerprint density at radius 1 is 1.07 bits per heavy atom. The summed E-state index contributed by atoms with van der Waals surface area (Å²) in [4.78, 5) is 15.7. The van der Waals surface area contributed by atoms with Gasteiger partial charge in [-0.25, -0.2) is 0 Å². The summed E-state index contributed by atoms with van der Waals surface area (Å²) in [6, 6.07) is 16.7. The third kappa shape index (κ3) is 4.62. The molecule has 1 heterocycles. The summed E-state index contributed by atoms with van der Waals surface area (Å²) in [5, 5.41) is 3.35. The number of carbonyl (C=O) groups is 1. The van der Waals surface area contributed by atoms with Crippen LogP contribution in [-0.4, -0.2) is 44.7 Å². The van der Waals surface area contributed by atoms with Crippen molar-refractivity contribution in [1.82, 2.24) is 5.32 Å². The molecule has 0 saturated carbocycles. The van der Waals surface area contributed by atoms with Crippen LogP contribution in [0.25, 0.3) is 0 Å². The van der Waals surface area contributed by atoms with Crippen molar-refractivity contribution in [2.45, 2.75) is 38.6 Å².